The van der Waals surface area contributed by atoms with Crippen molar-refractivity contribution in [2.75, 3.05) is 6.61 Å². The van der Waals surface area contributed by atoms with Crippen molar-refractivity contribution in [2.24, 2.45) is 0 Å². The van der Waals surface area contributed by atoms with E-state index in [2.05, 4.69) is 4.74 Å². The molecule has 1 aromatic rings. The van der Waals surface area contributed by atoms with Crippen molar-refractivity contribution in [3.63, 3.8) is 0 Å². The Morgan fingerprint density at radius 1 is 1.35 bits per heavy atom. The van der Waals surface area contributed by atoms with E-state index in [9.17, 15) is 13.6 Å². The molecule has 92 valence electrons. The molecule has 0 aromatic heterocycles. The van der Waals surface area contributed by atoms with Gasteiger partial charge < -0.3 is 4.74 Å². The predicted octanol–water partition coefficient (Wildman–Crippen LogP) is 3.21. The first-order chi connectivity index (χ1) is 7.95. The van der Waals surface area contributed by atoms with Gasteiger partial charge in [-0.3, -0.25) is 0 Å². The number of ether oxygens (including phenoxy) is 1. The molecule has 0 heterocycles. The SMILES string of the molecule is CCOC(=O)C(F)(F)/C=C/c1ccc(C)cc1. The predicted molar refractivity (Wildman–Crippen MR) is 61.8 cm³/mol. The smallest absolute Gasteiger partial charge is 0.381 e. The summed E-state index contributed by atoms with van der Waals surface area (Å²) in [6, 6.07) is 7.02. The minimum Gasteiger partial charge on any atom is -0.461 e. The molecule has 0 aliphatic carbocycles. The number of hydrogen-bond acceptors (Lipinski definition) is 2. The third-order valence-corrected chi connectivity index (χ3v) is 2.11. The summed E-state index contributed by atoms with van der Waals surface area (Å²) >= 11 is 0. The molecule has 0 fully saturated rings. The lowest BCUT2D eigenvalue weighted by Gasteiger charge is -2.09. The van der Waals surface area contributed by atoms with Gasteiger partial charge in [0.05, 0.1) is 6.61 Å². The third-order valence-electron chi connectivity index (χ3n) is 2.11. The number of benzene rings is 1. The van der Waals surface area contributed by atoms with Gasteiger partial charge in [0.25, 0.3) is 0 Å². The van der Waals surface area contributed by atoms with Gasteiger partial charge in [-0.1, -0.05) is 35.9 Å². The number of esters is 1. The minimum absolute atomic E-state index is 0.0627. The molecule has 0 saturated carbocycles. The highest BCUT2D eigenvalue weighted by Crippen LogP contribution is 2.19. The van der Waals surface area contributed by atoms with Gasteiger partial charge in [-0.2, -0.15) is 8.78 Å². The summed E-state index contributed by atoms with van der Waals surface area (Å²) in [7, 11) is 0. The normalized spacial score (nSPS) is 11.8. The first-order valence-corrected chi connectivity index (χ1v) is 5.26. The van der Waals surface area contributed by atoms with Crippen molar-refractivity contribution in [1.82, 2.24) is 0 Å². The Morgan fingerprint density at radius 3 is 2.47 bits per heavy atom. The van der Waals surface area contributed by atoms with Gasteiger partial charge in [-0.05, 0) is 25.5 Å². The monoisotopic (exact) mass is 240 g/mol. The Bertz CT molecular complexity index is 408. The van der Waals surface area contributed by atoms with Crippen molar-refractivity contribution < 1.29 is 18.3 Å². The molecule has 1 aromatic carbocycles. The molecule has 1 rings (SSSR count). The maximum Gasteiger partial charge on any atom is 0.381 e. The van der Waals surface area contributed by atoms with Crippen LogP contribution in [0, 0.1) is 6.92 Å². The lowest BCUT2D eigenvalue weighted by molar-refractivity contribution is -0.164. The Balaban J connectivity index is 2.75. The van der Waals surface area contributed by atoms with E-state index >= 15 is 0 Å². The molecule has 0 bridgehead atoms. The van der Waals surface area contributed by atoms with Crippen LogP contribution in [0.25, 0.3) is 6.08 Å². The second-order valence-electron chi connectivity index (χ2n) is 3.59. The summed E-state index contributed by atoms with van der Waals surface area (Å²) in [6.45, 7) is 3.32. The van der Waals surface area contributed by atoms with Gasteiger partial charge in [-0.15, -0.1) is 0 Å². The van der Waals surface area contributed by atoms with Gasteiger partial charge in [0.1, 0.15) is 0 Å². The van der Waals surface area contributed by atoms with E-state index in [0.717, 1.165) is 5.56 Å². The Morgan fingerprint density at radius 2 is 1.94 bits per heavy atom. The lowest BCUT2D eigenvalue weighted by atomic mass is 10.1. The molecular weight excluding hydrogens is 226 g/mol. The van der Waals surface area contributed by atoms with Gasteiger partial charge >= 0.3 is 11.9 Å². The maximum absolute atomic E-state index is 13.2. The second-order valence-corrected chi connectivity index (χ2v) is 3.59. The van der Waals surface area contributed by atoms with Crippen molar-refractivity contribution in [1.29, 1.82) is 0 Å². The molecule has 0 aliphatic rings. The van der Waals surface area contributed by atoms with Gasteiger partial charge in [0, 0.05) is 0 Å². The van der Waals surface area contributed by atoms with Crippen LogP contribution in [-0.4, -0.2) is 18.5 Å². The Labute approximate surface area is 98.9 Å². The van der Waals surface area contributed by atoms with Gasteiger partial charge in [-0.25, -0.2) is 4.79 Å². The van der Waals surface area contributed by atoms with E-state index in [0.29, 0.717) is 11.6 Å². The van der Waals surface area contributed by atoms with Crippen molar-refractivity contribution in [3.8, 4) is 0 Å². The van der Waals surface area contributed by atoms with Crippen LogP contribution in [-0.2, 0) is 9.53 Å². The highest BCUT2D eigenvalue weighted by atomic mass is 19.3. The van der Waals surface area contributed by atoms with Crippen LogP contribution >= 0.6 is 0 Å². The molecule has 17 heavy (non-hydrogen) atoms. The summed E-state index contributed by atoms with van der Waals surface area (Å²) < 4.78 is 30.7. The molecule has 2 nitrogen and oxygen atoms in total. The number of halogens is 2. The quantitative estimate of drug-likeness (QED) is 0.755. The van der Waals surface area contributed by atoms with Crippen molar-refractivity contribution >= 4 is 12.0 Å². The summed E-state index contributed by atoms with van der Waals surface area (Å²) in [4.78, 5) is 10.9. The number of hydrogen-bond donors (Lipinski definition) is 0. The Kier molecular flexibility index (Phi) is 4.37. The fourth-order valence-electron chi connectivity index (χ4n) is 1.17. The van der Waals surface area contributed by atoms with E-state index < -0.39 is 11.9 Å². The van der Waals surface area contributed by atoms with E-state index in [4.69, 9.17) is 0 Å². The molecule has 0 saturated heterocycles. The second kappa shape index (κ2) is 5.57. The number of rotatable bonds is 4. The molecule has 0 unspecified atom stereocenters. The van der Waals surface area contributed by atoms with Crippen LogP contribution in [0.5, 0.6) is 0 Å². The summed E-state index contributed by atoms with van der Waals surface area (Å²) in [5, 5.41) is 0. The van der Waals surface area contributed by atoms with Crippen LogP contribution in [0.3, 0.4) is 0 Å². The van der Waals surface area contributed by atoms with Crippen LogP contribution in [0.4, 0.5) is 8.78 Å². The summed E-state index contributed by atoms with van der Waals surface area (Å²) in [5.41, 5.74) is 1.65. The number of carbonyl (C=O) groups is 1. The number of alkyl halides is 2. The fourth-order valence-corrected chi connectivity index (χ4v) is 1.17. The zero-order chi connectivity index (χ0) is 12.9. The third kappa shape index (κ3) is 3.98. The molecular formula is C13H14F2O2. The van der Waals surface area contributed by atoms with Gasteiger partial charge in [0.15, 0.2) is 0 Å². The molecule has 0 spiro atoms. The van der Waals surface area contributed by atoms with E-state index in [1.807, 2.05) is 19.1 Å². The fraction of sp³-hybridized carbons (Fsp3) is 0.308. The van der Waals surface area contributed by atoms with E-state index in [1.54, 1.807) is 12.1 Å². The maximum atomic E-state index is 13.2. The molecule has 0 N–H and O–H groups in total. The molecule has 0 atom stereocenters. The number of aryl methyl sites for hydroxylation is 1. The molecule has 0 aliphatic heterocycles. The minimum atomic E-state index is -3.58. The highest BCUT2D eigenvalue weighted by Gasteiger charge is 2.37. The van der Waals surface area contributed by atoms with Crippen LogP contribution < -0.4 is 0 Å². The Hall–Kier alpha value is -1.71. The highest BCUT2D eigenvalue weighted by molar-refractivity contribution is 5.81. The molecule has 4 heteroatoms. The van der Waals surface area contributed by atoms with Gasteiger partial charge in [0.2, 0.25) is 0 Å². The van der Waals surface area contributed by atoms with E-state index in [1.165, 1.54) is 13.0 Å². The zero-order valence-electron chi connectivity index (χ0n) is 9.74. The first-order valence-electron chi connectivity index (χ1n) is 5.26. The van der Waals surface area contributed by atoms with Crippen molar-refractivity contribution in [3.05, 3.63) is 41.5 Å². The van der Waals surface area contributed by atoms with Crippen molar-refractivity contribution in [2.45, 2.75) is 19.8 Å². The largest absolute Gasteiger partial charge is 0.461 e. The van der Waals surface area contributed by atoms with E-state index in [-0.39, 0.29) is 6.61 Å². The average molecular weight is 240 g/mol. The zero-order valence-corrected chi connectivity index (χ0v) is 9.74. The topological polar surface area (TPSA) is 26.3 Å². The lowest BCUT2D eigenvalue weighted by Crippen LogP contribution is -2.28. The molecule has 0 amide bonds. The standard InChI is InChI=1S/C13H14F2O2/c1-3-17-12(16)13(14,15)9-8-11-6-4-10(2)5-7-11/h4-9H,3H2,1-2H3/b9-8+. The summed E-state index contributed by atoms with van der Waals surface area (Å²) in [5.74, 6) is -5.11. The average Bonchev–Trinajstić information content (AvgIpc) is 2.29. The molecule has 0 radical (unpaired) electrons. The summed E-state index contributed by atoms with van der Waals surface area (Å²) in [6.07, 6.45) is 1.76. The first kappa shape index (κ1) is 13.4. The van der Waals surface area contributed by atoms with Crippen LogP contribution in [0.15, 0.2) is 30.3 Å². The van der Waals surface area contributed by atoms with Crippen LogP contribution in [0.1, 0.15) is 18.1 Å². The van der Waals surface area contributed by atoms with Crippen LogP contribution in [0.2, 0.25) is 0 Å². The number of carbonyl (C=O) groups excluding carboxylic acids is 1.